The van der Waals surface area contributed by atoms with Crippen LogP contribution in [0.1, 0.15) is 49.8 Å². The monoisotopic (exact) mass is 307 g/mol. The molecule has 0 bridgehead atoms. The van der Waals surface area contributed by atoms with Crippen molar-refractivity contribution in [3.8, 4) is 0 Å². The molecule has 3 unspecified atom stereocenters. The second-order valence-corrected chi connectivity index (χ2v) is 6.52. The first-order chi connectivity index (χ1) is 10.5. The fraction of sp³-hybridized carbons (Fsp3) is 0.800. The highest BCUT2D eigenvalue weighted by molar-refractivity contribution is 5.74. The van der Waals surface area contributed by atoms with Crippen LogP contribution < -0.4 is 5.32 Å². The van der Waals surface area contributed by atoms with Crippen LogP contribution in [0.5, 0.6) is 0 Å². The molecule has 1 aliphatic carbocycles. The molecule has 1 fully saturated rings. The van der Waals surface area contributed by atoms with Crippen LogP contribution in [-0.4, -0.2) is 50.5 Å². The van der Waals surface area contributed by atoms with E-state index in [0.29, 0.717) is 6.54 Å². The Morgan fingerprint density at radius 2 is 2.23 bits per heavy atom. The van der Waals surface area contributed by atoms with Gasteiger partial charge in [0, 0.05) is 26.1 Å². The summed E-state index contributed by atoms with van der Waals surface area (Å²) in [5, 5.41) is 17.3. The molecule has 0 saturated heterocycles. The molecule has 2 amide bonds. The highest BCUT2D eigenvalue weighted by atomic mass is 16.3. The third kappa shape index (κ3) is 3.09. The molecule has 3 rings (SSSR count). The lowest BCUT2D eigenvalue weighted by Crippen LogP contribution is -2.43. The van der Waals surface area contributed by atoms with E-state index in [2.05, 4.69) is 15.4 Å². The molecule has 2 N–H and O–H groups in total. The van der Waals surface area contributed by atoms with Gasteiger partial charge in [-0.15, -0.1) is 0 Å². The van der Waals surface area contributed by atoms with Crippen molar-refractivity contribution in [1.82, 2.24) is 25.0 Å². The van der Waals surface area contributed by atoms with Crippen LogP contribution in [0.15, 0.2) is 0 Å². The SMILES string of the molecule is Cc1nc2n(n1)CCCC2NC(=O)N(C)CC1CCCC1O. The normalized spacial score (nSPS) is 27.5. The highest BCUT2D eigenvalue weighted by Crippen LogP contribution is 2.27. The second kappa shape index (κ2) is 6.24. The van der Waals surface area contributed by atoms with Crippen LogP contribution in [0.2, 0.25) is 0 Å². The fourth-order valence-electron chi connectivity index (χ4n) is 3.53. The Morgan fingerprint density at radius 3 is 2.95 bits per heavy atom. The molecule has 3 atom stereocenters. The number of aliphatic hydroxyl groups excluding tert-OH is 1. The Labute approximate surface area is 130 Å². The number of urea groups is 1. The average Bonchev–Trinajstić information content (AvgIpc) is 3.05. The van der Waals surface area contributed by atoms with E-state index in [9.17, 15) is 9.90 Å². The zero-order valence-electron chi connectivity index (χ0n) is 13.3. The first kappa shape index (κ1) is 15.3. The Balaban J connectivity index is 1.59. The molecule has 122 valence electrons. The summed E-state index contributed by atoms with van der Waals surface area (Å²) in [6, 6.07) is -0.170. The summed E-state index contributed by atoms with van der Waals surface area (Å²) in [5.41, 5.74) is 0. The lowest BCUT2D eigenvalue weighted by Gasteiger charge is -2.28. The van der Waals surface area contributed by atoms with Crippen molar-refractivity contribution in [3.05, 3.63) is 11.6 Å². The van der Waals surface area contributed by atoms with Crippen molar-refractivity contribution in [2.75, 3.05) is 13.6 Å². The van der Waals surface area contributed by atoms with E-state index in [1.165, 1.54) is 0 Å². The van der Waals surface area contributed by atoms with Crippen LogP contribution in [0.25, 0.3) is 0 Å². The van der Waals surface area contributed by atoms with Crippen LogP contribution in [0.3, 0.4) is 0 Å². The van der Waals surface area contributed by atoms with Crippen LogP contribution in [0, 0.1) is 12.8 Å². The van der Waals surface area contributed by atoms with Crippen molar-refractivity contribution in [2.45, 2.75) is 57.7 Å². The van der Waals surface area contributed by atoms with Crippen LogP contribution in [-0.2, 0) is 6.54 Å². The summed E-state index contributed by atoms with van der Waals surface area (Å²) in [7, 11) is 1.79. The van der Waals surface area contributed by atoms with E-state index in [0.717, 1.165) is 50.3 Å². The van der Waals surface area contributed by atoms with Gasteiger partial charge in [0.15, 0.2) is 0 Å². The number of amides is 2. The van der Waals surface area contributed by atoms with Gasteiger partial charge >= 0.3 is 6.03 Å². The third-order valence-corrected chi connectivity index (χ3v) is 4.75. The van der Waals surface area contributed by atoms with Gasteiger partial charge in [0.25, 0.3) is 0 Å². The molecule has 2 heterocycles. The number of hydrogen-bond donors (Lipinski definition) is 2. The summed E-state index contributed by atoms with van der Waals surface area (Å²) in [4.78, 5) is 18.5. The second-order valence-electron chi connectivity index (χ2n) is 6.52. The van der Waals surface area contributed by atoms with Crippen molar-refractivity contribution >= 4 is 6.03 Å². The van der Waals surface area contributed by atoms with E-state index in [1.54, 1.807) is 11.9 Å². The van der Waals surface area contributed by atoms with Gasteiger partial charge in [0.05, 0.1) is 12.1 Å². The van der Waals surface area contributed by atoms with Crippen LogP contribution >= 0.6 is 0 Å². The quantitative estimate of drug-likeness (QED) is 0.879. The third-order valence-electron chi connectivity index (χ3n) is 4.75. The summed E-state index contributed by atoms with van der Waals surface area (Å²) >= 11 is 0. The van der Waals surface area contributed by atoms with Gasteiger partial charge in [-0.1, -0.05) is 6.42 Å². The van der Waals surface area contributed by atoms with E-state index < -0.39 is 0 Å². The topological polar surface area (TPSA) is 83.3 Å². The molecule has 1 saturated carbocycles. The first-order valence-corrected chi connectivity index (χ1v) is 8.15. The van der Waals surface area contributed by atoms with Gasteiger partial charge in [-0.25, -0.2) is 14.5 Å². The molecule has 1 aromatic rings. The number of rotatable bonds is 3. The predicted molar refractivity (Wildman–Crippen MR) is 81.2 cm³/mol. The van der Waals surface area contributed by atoms with Crippen molar-refractivity contribution in [2.24, 2.45) is 5.92 Å². The fourth-order valence-corrected chi connectivity index (χ4v) is 3.53. The van der Waals surface area contributed by atoms with Crippen molar-refractivity contribution in [1.29, 1.82) is 0 Å². The minimum Gasteiger partial charge on any atom is -0.393 e. The minimum atomic E-state index is -0.268. The van der Waals surface area contributed by atoms with Crippen molar-refractivity contribution < 1.29 is 9.90 Å². The highest BCUT2D eigenvalue weighted by Gasteiger charge is 2.29. The van der Waals surface area contributed by atoms with Gasteiger partial charge in [-0.2, -0.15) is 5.10 Å². The van der Waals surface area contributed by atoms with E-state index in [4.69, 9.17) is 0 Å². The molecule has 2 aliphatic rings. The molecule has 22 heavy (non-hydrogen) atoms. The number of aryl methyl sites for hydroxylation is 2. The molecular formula is C15H25N5O2. The molecule has 7 heteroatoms. The molecule has 0 aromatic carbocycles. The number of aliphatic hydroxyl groups is 1. The lowest BCUT2D eigenvalue weighted by molar-refractivity contribution is 0.113. The first-order valence-electron chi connectivity index (χ1n) is 8.15. The average molecular weight is 307 g/mol. The number of nitrogens with zero attached hydrogens (tertiary/aromatic N) is 4. The summed E-state index contributed by atoms with van der Waals surface area (Å²) < 4.78 is 1.89. The number of carbonyl (C=O) groups excluding carboxylic acids is 1. The Kier molecular flexibility index (Phi) is 4.33. The standard InChI is InChI=1S/C15H25N5O2/c1-10-16-14-12(6-4-8-20(14)18-10)17-15(22)19(2)9-11-5-3-7-13(11)21/h11-13,21H,3-9H2,1-2H3,(H,17,22). The lowest BCUT2D eigenvalue weighted by atomic mass is 10.1. The zero-order chi connectivity index (χ0) is 15.7. The maximum absolute atomic E-state index is 12.4. The summed E-state index contributed by atoms with van der Waals surface area (Å²) in [6.45, 7) is 3.34. The maximum atomic E-state index is 12.4. The van der Waals surface area contributed by atoms with Crippen molar-refractivity contribution in [3.63, 3.8) is 0 Å². The Hall–Kier alpha value is -1.63. The zero-order valence-corrected chi connectivity index (χ0v) is 13.3. The summed E-state index contributed by atoms with van der Waals surface area (Å²) in [6.07, 6.45) is 4.51. The van der Waals surface area contributed by atoms with E-state index in [-0.39, 0.29) is 24.1 Å². The number of fused-ring (bicyclic) bond motifs is 1. The van der Waals surface area contributed by atoms with Gasteiger partial charge in [-0.05, 0) is 32.6 Å². The van der Waals surface area contributed by atoms with Gasteiger partial charge in [0.2, 0.25) is 0 Å². The Morgan fingerprint density at radius 1 is 1.41 bits per heavy atom. The summed E-state index contributed by atoms with van der Waals surface area (Å²) in [5.74, 6) is 1.80. The largest absolute Gasteiger partial charge is 0.393 e. The number of hydrogen-bond acceptors (Lipinski definition) is 4. The molecule has 1 aliphatic heterocycles. The Bertz CT molecular complexity index is 544. The van der Waals surface area contributed by atoms with E-state index in [1.807, 2.05) is 11.6 Å². The number of aromatic nitrogens is 3. The minimum absolute atomic E-state index is 0.0709. The number of nitrogens with one attached hydrogen (secondary N) is 1. The molecule has 0 radical (unpaired) electrons. The van der Waals surface area contributed by atoms with Crippen LogP contribution in [0.4, 0.5) is 4.79 Å². The molecule has 1 aromatic heterocycles. The van der Waals surface area contributed by atoms with Gasteiger partial charge in [-0.3, -0.25) is 0 Å². The van der Waals surface area contributed by atoms with Gasteiger partial charge in [0.1, 0.15) is 11.6 Å². The van der Waals surface area contributed by atoms with E-state index >= 15 is 0 Å². The predicted octanol–water partition coefficient (Wildman–Crippen LogP) is 1.22. The number of carbonyl (C=O) groups is 1. The smallest absolute Gasteiger partial charge is 0.317 e. The molecular weight excluding hydrogens is 282 g/mol. The molecule has 0 spiro atoms. The van der Waals surface area contributed by atoms with Gasteiger partial charge < -0.3 is 15.3 Å². The maximum Gasteiger partial charge on any atom is 0.317 e. The molecule has 7 nitrogen and oxygen atoms in total.